The maximum Gasteiger partial charge on any atom is 0.338 e. The van der Waals surface area contributed by atoms with Crippen LogP contribution in [0.1, 0.15) is 29.3 Å². The number of hydrogen-bond donors (Lipinski definition) is 1. The van der Waals surface area contributed by atoms with E-state index >= 15 is 0 Å². The summed E-state index contributed by atoms with van der Waals surface area (Å²) in [5.74, 6) is 0.260. The smallest absolute Gasteiger partial charge is 0.338 e. The van der Waals surface area contributed by atoms with Crippen molar-refractivity contribution in [1.29, 1.82) is 0 Å². The quantitative estimate of drug-likeness (QED) is 0.295. The summed E-state index contributed by atoms with van der Waals surface area (Å²) in [6.45, 7) is 2.33. The number of ether oxygens (including phenoxy) is 3. The average Bonchev–Trinajstić information content (AvgIpc) is 3.17. The van der Waals surface area contributed by atoms with Gasteiger partial charge in [-0.3, -0.25) is 14.5 Å². The summed E-state index contributed by atoms with van der Waals surface area (Å²) in [6.07, 6.45) is -0.124. The Labute approximate surface area is 232 Å². The van der Waals surface area contributed by atoms with Crippen molar-refractivity contribution in [2.24, 2.45) is 0 Å². The highest BCUT2D eigenvalue weighted by molar-refractivity contribution is 7.80. The molecule has 0 spiro atoms. The van der Waals surface area contributed by atoms with E-state index in [0.717, 1.165) is 5.56 Å². The van der Waals surface area contributed by atoms with Crippen LogP contribution in [0.15, 0.2) is 72.8 Å². The Kier molecular flexibility index (Phi) is 8.77. The van der Waals surface area contributed by atoms with Crippen molar-refractivity contribution in [2.45, 2.75) is 25.9 Å². The number of methoxy groups -OCH3 is 2. The fourth-order valence-electron chi connectivity index (χ4n) is 4.20. The average molecular weight is 548 g/mol. The van der Waals surface area contributed by atoms with Crippen LogP contribution in [-0.4, -0.2) is 54.7 Å². The first-order valence-corrected chi connectivity index (χ1v) is 12.7. The molecule has 3 aromatic carbocycles. The minimum Gasteiger partial charge on any atom is -0.497 e. The zero-order valence-corrected chi connectivity index (χ0v) is 22.7. The number of rotatable bonds is 10. The molecule has 1 N–H and O–H groups in total. The Morgan fingerprint density at radius 2 is 1.49 bits per heavy atom. The predicted octanol–water partition coefficient (Wildman–Crippen LogP) is 4.41. The van der Waals surface area contributed by atoms with Crippen LogP contribution in [0.5, 0.6) is 11.5 Å². The lowest BCUT2D eigenvalue weighted by Gasteiger charge is -2.24. The molecule has 1 aliphatic rings. The molecule has 0 bridgehead atoms. The monoisotopic (exact) mass is 547 g/mol. The van der Waals surface area contributed by atoms with Gasteiger partial charge >= 0.3 is 5.97 Å². The van der Waals surface area contributed by atoms with Gasteiger partial charge in [0.1, 0.15) is 17.5 Å². The van der Waals surface area contributed by atoms with Gasteiger partial charge in [0, 0.05) is 12.2 Å². The Bertz CT molecular complexity index is 1340. The number of thiocarbonyl (C=S) groups is 1. The number of anilines is 2. The first-order chi connectivity index (χ1) is 18.8. The lowest BCUT2D eigenvalue weighted by atomic mass is 10.1. The molecule has 10 heteroatoms. The van der Waals surface area contributed by atoms with Gasteiger partial charge in [0.2, 0.25) is 5.91 Å². The SMILES string of the molecule is CCOC(=O)c1ccc(NC(=O)C[C@H]2C(=O)N(c3ccc(OC)cc3)C(=S)N2Cc2ccc(OC)cc2)cc1. The van der Waals surface area contributed by atoms with Gasteiger partial charge in [-0.2, -0.15) is 0 Å². The van der Waals surface area contributed by atoms with E-state index in [1.807, 2.05) is 24.3 Å². The molecule has 0 aliphatic carbocycles. The van der Waals surface area contributed by atoms with Crippen molar-refractivity contribution in [3.8, 4) is 11.5 Å². The molecule has 0 saturated carbocycles. The van der Waals surface area contributed by atoms with Gasteiger partial charge in [-0.25, -0.2) is 4.79 Å². The Morgan fingerprint density at radius 3 is 2.05 bits per heavy atom. The van der Waals surface area contributed by atoms with Gasteiger partial charge in [-0.1, -0.05) is 12.1 Å². The molecule has 39 heavy (non-hydrogen) atoms. The van der Waals surface area contributed by atoms with Crippen molar-refractivity contribution in [2.75, 3.05) is 31.0 Å². The minimum atomic E-state index is -0.819. The molecule has 4 rings (SSSR count). The van der Waals surface area contributed by atoms with E-state index < -0.39 is 12.0 Å². The zero-order chi connectivity index (χ0) is 27.9. The lowest BCUT2D eigenvalue weighted by Crippen LogP contribution is -2.37. The minimum absolute atomic E-state index is 0.124. The van der Waals surface area contributed by atoms with Gasteiger partial charge in [-0.15, -0.1) is 0 Å². The predicted molar refractivity (Wildman–Crippen MR) is 151 cm³/mol. The molecule has 202 valence electrons. The molecule has 0 radical (unpaired) electrons. The topological polar surface area (TPSA) is 97.4 Å². The molecule has 3 aromatic rings. The van der Waals surface area contributed by atoms with Crippen LogP contribution in [0.2, 0.25) is 0 Å². The first kappa shape index (κ1) is 27.6. The summed E-state index contributed by atoms with van der Waals surface area (Å²) in [7, 11) is 3.16. The molecule has 1 heterocycles. The lowest BCUT2D eigenvalue weighted by molar-refractivity contribution is -0.124. The van der Waals surface area contributed by atoms with Gasteiger partial charge in [0.25, 0.3) is 5.91 Å². The third-order valence-corrected chi connectivity index (χ3v) is 6.64. The Morgan fingerprint density at radius 1 is 0.897 bits per heavy atom. The number of hydrogen-bond acceptors (Lipinski definition) is 7. The van der Waals surface area contributed by atoms with E-state index in [4.69, 9.17) is 26.4 Å². The van der Waals surface area contributed by atoms with Crippen molar-refractivity contribution >= 4 is 46.5 Å². The number of esters is 1. The number of benzene rings is 3. The number of amides is 2. The van der Waals surface area contributed by atoms with Crippen LogP contribution in [0, 0.1) is 0 Å². The number of nitrogens with zero attached hydrogens (tertiary/aromatic N) is 2. The molecule has 1 atom stereocenters. The van der Waals surface area contributed by atoms with Crippen molar-refractivity contribution < 1.29 is 28.6 Å². The zero-order valence-electron chi connectivity index (χ0n) is 21.9. The van der Waals surface area contributed by atoms with Crippen LogP contribution in [0.25, 0.3) is 0 Å². The number of carbonyl (C=O) groups excluding carboxylic acids is 3. The van der Waals surface area contributed by atoms with E-state index in [1.54, 1.807) is 74.6 Å². The number of nitrogens with one attached hydrogen (secondary N) is 1. The normalized spacial score (nSPS) is 14.8. The molecule has 9 nitrogen and oxygen atoms in total. The summed E-state index contributed by atoms with van der Waals surface area (Å²) in [5, 5.41) is 3.11. The molecular formula is C29H29N3O6S. The Balaban J connectivity index is 1.54. The van der Waals surface area contributed by atoms with Crippen LogP contribution in [-0.2, 0) is 20.9 Å². The molecular weight excluding hydrogens is 518 g/mol. The maximum absolute atomic E-state index is 13.7. The fraction of sp³-hybridized carbons (Fsp3) is 0.241. The van der Waals surface area contributed by atoms with Gasteiger partial charge < -0.3 is 24.4 Å². The summed E-state index contributed by atoms with van der Waals surface area (Å²) < 4.78 is 15.5. The number of carbonyl (C=O) groups is 3. The van der Waals surface area contributed by atoms with Crippen molar-refractivity contribution in [3.05, 3.63) is 83.9 Å². The van der Waals surface area contributed by atoms with Crippen molar-refractivity contribution in [3.63, 3.8) is 0 Å². The first-order valence-electron chi connectivity index (χ1n) is 12.3. The van der Waals surface area contributed by atoms with Gasteiger partial charge in [-0.05, 0) is 85.4 Å². The summed E-state index contributed by atoms with van der Waals surface area (Å²) in [6, 6.07) is 20.0. The summed E-state index contributed by atoms with van der Waals surface area (Å²) >= 11 is 5.75. The van der Waals surface area contributed by atoms with Crippen LogP contribution in [0.4, 0.5) is 11.4 Å². The van der Waals surface area contributed by atoms with Crippen LogP contribution >= 0.6 is 12.2 Å². The van der Waals surface area contributed by atoms with E-state index in [-0.39, 0.29) is 24.8 Å². The second-order valence-corrected chi connectivity index (χ2v) is 9.06. The van der Waals surface area contributed by atoms with Crippen LogP contribution in [0.3, 0.4) is 0 Å². The Hall–Kier alpha value is -4.44. The van der Waals surface area contributed by atoms with E-state index in [2.05, 4.69) is 5.32 Å². The third kappa shape index (κ3) is 6.35. The molecule has 1 aliphatic heterocycles. The van der Waals surface area contributed by atoms with E-state index in [1.165, 1.54) is 4.90 Å². The standard InChI is InChI=1S/C29H29N3O6S/c1-4-38-28(35)20-7-9-21(10-8-20)30-26(33)17-25-27(34)32(22-11-15-24(37-3)16-12-22)29(39)31(25)18-19-5-13-23(36-2)14-6-19/h5-16,25H,4,17-18H2,1-3H3,(H,30,33)/t25-/m0/s1. The maximum atomic E-state index is 13.7. The van der Waals surface area contributed by atoms with Crippen LogP contribution < -0.4 is 19.7 Å². The van der Waals surface area contributed by atoms with Gasteiger partial charge in [0.05, 0.1) is 38.5 Å². The van der Waals surface area contributed by atoms with E-state index in [0.29, 0.717) is 40.1 Å². The molecule has 2 amide bonds. The molecule has 1 fully saturated rings. The van der Waals surface area contributed by atoms with E-state index in [9.17, 15) is 14.4 Å². The largest absolute Gasteiger partial charge is 0.497 e. The molecule has 0 aromatic heterocycles. The fourth-order valence-corrected chi connectivity index (χ4v) is 4.59. The highest BCUT2D eigenvalue weighted by atomic mass is 32.1. The second-order valence-electron chi connectivity index (χ2n) is 8.70. The second kappa shape index (κ2) is 12.4. The molecule has 1 saturated heterocycles. The summed E-state index contributed by atoms with van der Waals surface area (Å²) in [4.78, 5) is 41.8. The summed E-state index contributed by atoms with van der Waals surface area (Å²) in [5.41, 5.74) is 2.37. The van der Waals surface area contributed by atoms with Gasteiger partial charge in [0.15, 0.2) is 5.11 Å². The van der Waals surface area contributed by atoms with Crippen molar-refractivity contribution in [1.82, 2.24) is 4.90 Å². The highest BCUT2D eigenvalue weighted by Crippen LogP contribution is 2.30. The highest BCUT2D eigenvalue weighted by Gasteiger charge is 2.44. The third-order valence-electron chi connectivity index (χ3n) is 6.22. The molecule has 0 unspecified atom stereocenters.